The van der Waals surface area contributed by atoms with Crippen LogP contribution < -0.4 is 5.32 Å². The van der Waals surface area contributed by atoms with Crippen molar-refractivity contribution in [3.05, 3.63) is 0 Å². The fourth-order valence-corrected chi connectivity index (χ4v) is 1.34. The standard InChI is InChI=1S/C10H19F3N2O/c1-7(2)5-8(3)15(4)9(16)14-6-10(11,12)13/h7-8H,5-6H2,1-4H3,(H,14,16). The van der Waals surface area contributed by atoms with Crippen LogP contribution >= 0.6 is 0 Å². The van der Waals surface area contributed by atoms with Crippen LogP contribution in [-0.2, 0) is 0 Å². The van der Waals surface area contributed by atoms with E-state index in [1.54, 1.807) is 0 Å². The van der Waals surface area contributed by atoms with Gasteiger partial charge in [0.1, 0.15) is 6.54 Å². The van der Waals surface area contributed by atoms with Crippen LogP contribution in [0.4, 0.5) is 18.0 Å². The molecule has 1 N–H and O–H groups in total. The summed E-state index contributed by atoms with van der Waals surface area (Å²) in [6.45, 7) is 4.52. The number of hydrogen-bond donors (Lipinski definition) is 1. The third-order valence-corrected chi connectivity index (χ3v) is 2.23. The molecule has 0 bridgehead atoms. The minimum Gasteiger partial charge on any atom is -0.329 e. The molecule has 0 saturated heterocycles. The van der Waals surface area contributed by atoms with Crippen molar-refractivity contribution in [1.82, 2.24) is 10.2 Å². The highest BCUT2D eigenvalue weighted by Gasteiger charge is 2.29. The van der Waals surface area contributed by atoms with Crippen molar-refractivity contribution in [1.29, 1.82) is 0 Å². The van der Waals surface area contributed by atoms with Gasteiger partial charge in [-0.2, -0.15) is 13.2 Å². The number of nitrogens with zero attached hydrogens (tertiary/aromatic N) is 1. The van der Waals surface area contributed by atoms with E-state index >= 15 is 0 Å². The largest absolute Gasteiger partial charge is 0.405 e. The molecule has 2 amide bonds. The number of urea groups is 1. The Kier molecular flexibility index (Phi) is 5.61. The molecule has 16 heavy (non-hydrogen) atoms. The average molecular weight is 240 g/mol. The van der Waals surface area contributed by atoms with Gasteiger partial charge in [0, 0.05) is 13.1 Å². The Balaban J connectivity index is 4.08. The molecule has 1 atom stereocenters. The Bertz CT molecular complexity index is 229. The number of hydrogen-bond acceptors (Lipinski definition) is 1. The zero-order chi connectivity index (χ0) is 12.9. The van der Waals surface area contributed by atoms with E-state index in [1.165, 1.54) is 11.9 Å². The van der Waals surface area contributed by atoms with Crippen LogP contribution in [0.15, 0.2) is 0 Å². The number of alkyl halides is 3. The highest BCUT2D eigenvalue weighted by Crippen LogP contribution is 2.13. The number of rotatable bonds is 4. The van der Waals surface area contributed by atoms with Gasteiger partial charge in [-0.15, -0.1) is 0 Å². The average Bonchev–Trinajstić information content (AvgIpc) is 2.10. The monoisotopic (exact) mass is 240 g/mol. The molecule has 3 nitrogen and oxygen atoms in total. The number of carbonyl (C=O) groups is 1. The topological polar surface area (TPSA) is 32.3 Å². The van der Waals surface area contributed by atoms with Crippen LogP contribution in [0, 0.1) is 5.92 Å². The maximum atomic E-state index is 11.9. The maximum absolute atomic E-state index is 11.9. The molecule has 6 heteroatoms. The molecule has 0 fully saturated rings. The first kappa shape index (κ1) is 15.1. The van der Waals surface area contributed by atoms with Gasteiger partial charge < -0.3 is 10.2 Å². The van der Waals surface area contributed by atoms with E-state index in [0.717, 1.165) is 6.42 Å². The molecular formula is C10H19F3N2O. The predicted octanol–water partition coefficient (Wildman–Crippen LogP) is 2.62. The second kappa shape index (κ2) is 5.96. The Hall–Kier alpha value is -0.940. The zero-order valence-electron chi connectivity index (χ0n) is 10.1. The quantitative estimate of drug-likeness (QED) is 0.805. The molecule has 0 aliphatic rings. The van der Waals surface area contributed by atoms with E-state index in [-0.39, 0.29) is 6.04 Å². The van der Waals surface area contributed by atoms with Gasteiger partial charge in [0.15, 0.2) is 0 Å². The molecule has 0 rings (SSSR count). The second-order valence-electron chi connectivity index (χ2n) is 4.36. The highest BCUT2D eigenvalue weighted by molar-refractivity contribution is 5.74. The van der Waals surface area contributed by atoms with Gasteiger partial charge in [0.25, 0.3) is 0 Å². The van der Waals surface area contributed by atoms with Gasteiger partial charge in [-0.3, -0.25) is 0 Å². The summed E-state index contributed by atoms with van der Waals surface area (Å²) < 4.78 is 35.6. The van der Waals surface area contributed by atoms with Crippen LogP contribution in [0.5, 0.6) is 0 Å². The summed E-state index contributed by atoms with van der Waals surface area (Å²) in [5.41, 5.74) is 0. The summed E-state index contributed by atoms with van der Waals surface area (Å²) in [4.78, 5) is 12.6. The Labute approximate surface area is 94.0 Å². The fourth-order valence-electron chi connectivity index (χ4n) is 1.34. The minimum atomic E-state index is -4.36. The number of carbonyl (C=O) groups excluding carboxylic acids is 1. The lowest BCUT2D eigenvalue weighted by atomic mass is 10.0. The predicted molar refractivity (Wildman–Crippen MR) is 56.1 cm³/mol. The number of halogens is 3. The van der Waals surface area contributed by atoms with Gasteiger partial charge in [0.05, 0.1) is 0 Å². The first-order chi connectivity index (χ1) is 7.13. The van der Waals surface area contributed by atoms with Gasteiger partial charge in [-0.05, 0) is 19.3 Å². The van der Waals surface area contributed by atoms with E-state index in [0.29, 0.717) is 5.92 Å². The van der Waals surface area contributed by atoms with Gasteiger partial charge in [0.2, 0.25) is 0 Å². The van der Waals surface area contributed by atoms with Crippen molar-refractivity contribution in [2.75, 3.05) is 13.6 Å². The first-order valence-corrected chi connectivity index (χ1v) is 5.21. The van der Waals surface area contributed by atoms with Crippen molar-refractivity contribution >= 4 is 6.03 Å². The van der Waals surface area contributed by atoms with Gasteiger partial charge in [-0.1, -0.05) is 13.8 Å². The van der Waals surface area contributed by atoms with E-state index in [2.05, 4.69) is 0 Å². The smallest absolute Gasteiger partial charge is 0.329 e. The van der Waals surface area contributed by atoms with E-state index < -0.39 is 18.8 Å². The Morgan fingerprint density at radius 3 is 2.19 bits per heavy atom. The number of nitrogens with one attached hydrogen (secondary N) is 1. The molecular weight excluding hydrogens is 221 g/mol. The fraction of sp³-hybridized carbons (Fsp3) is 0.900. The summed E-state index contributed by atoms with van der Waals surface area (Å²) in [7, 11) is 1.50. The van der Waals surface area contributed by atoms with Crippen molar-refractivity contribution in [2.24, 2.45) is 5.92 Å². The van der Waals surface area contributed by atoms with Crippen molar-refractivity contribution in [2.45, 2.75) is 39.4 Å². The molecule has 0 aromatic carbocycles. The lowest BCUT2D eigenvalue weighted by molar-refractivity contribution is -0.123. The summed E-state index contributed by atoms with van der Waals surface area (Å²) in [6, 6.07) is -0.765. The van der Waals surface area contributed by atoms with Crippen LogP contribution in [0.1, 0.15) is 27.2 Å². The van der Waals surface area contributed by atoms with E-state index in [4.69, 9.17) is 0 Å². The van der Waals surface area contributed by atoms with Crippen molar-refractivity contribution in [3.63, 3.8) is 0 Å². The van der Waals surface area contributed by atoms with E-state index in [1.807, 2.05) is 26.1 Å². The first-order valence-electron chi connectivity index (χ1n) is 5.21. The minimum absolute atomic E-state index is 0.0757. The zero-order valence-corrected chi connectivity index (χ0v) is 10.1. The second-order valence-corrected chi connectivity index (χ2v) is 4.36. The van der Waals surface area contributed by atoms with Crippen LogP contribution in [0.25, 0.3) is 0 Å². The molecule has 0 saturated carbocycles. The lowest BCUT2D eigenvalue weighted by Gasteiger charge is -2.26. The third kappa shape index (κ3) is 6.53. The van der Waals surface area contributed by atoms with Crippen LogP contribution in [0.3, 0.4) is 0 Å². The van der Waals surface area contributed by atoms with Crippen molar-refractivity contribution in [3.8, 4) is 0 Å². The maximum Gasteiger partial charge on any atom is 0.405 e. The normalized spacial score (nSPS) is 13.8. The van der Waals surface area contributed by atoms with Crippen LogP contribution in [-0.4, -0.2) is 36.7 Å². The Morgan fingerprint density at radius 2 is 1.81 bits per heavy atom. The SMILES string of the molecule is CC(C)CC(C)N(C)C(=O)NCC(F)(F)F. The third-order valence-electron chi connectivity index (χ3n) is 2.23. The molecule has 0 aromatic rings. The molecule has 1 unspecified atom stereocenters. The molecule has 96 valence electrons. The van der Waals surface area contributed by atoms with Gasteiger partial charge >= 0.3 is 12.2 Å². The molecule has 0 radical (unpaired) electrons. The summed E-state index contributed by atoms with van der Waals surface area (Å²) >= 11 is 0. The summed E-state index contributed by atoms with van der Waals surface area (Å²) in [5.74, 6) is 0.396. The summed E-state index contributed by atoms with van der Waals surface area (Å²) in [5, 5.41) is 1.84. The van der Waals surface area contributed by atoms with E-state index in [9.17, 15) is 18.0 Å². The summed E-state index contributed by atoms with van der Waals surface area (Å²) in [6.07, 6.45) is -3.60. The molecule has 0 heterocycles. The molecule has 0 aromatic heterocycles. The molecule has 0 aliphatic carbocycles. The Morgan fingerprint density at radius 1 is 1.31 bits per heavy atom. The lowest BCUT2D eigenvalue weighted by Crippen LogP contribution is -2.45. The molecule has 0 aliphatic heterocycles. The van der Waals surface area contributed by atoms with Gasteiger partial charge in [-0.25, -0.2) is 4.79 Å². The van der Waals surface area contributed by atoms with Crippen molar-refractivity contribution < 1.29 is 18.0 Å². The number of amides is 2. The highest BCUT2D eigenvalue weighted by atomic mass is 19.4. The van der Waals surface area contributed by atoms with Crippen LogP contribution in [0.2, 0.25) is 0 Å². The molecule has 0 spiro atoms.